The number of allylic oxidation sites excluding steroid dienone is 3. The molecule has 1 N–H and O–H groups in total. The number of amides is 3. The smallest absolute Gasteiger partial charge is 0.326 e. The molecule has 210 valence electrons. The molecule has 3 amide bonds. The van der Waals surface area contributed by atoms with E-state index in [0.29, 0.717) is 47.4 Å². The third-order valence-electron chi connectivity index (χ3n) is 7.33. The molecule has 1 aliphatic carbocycles. The van der Waals surface area contributed by atoms with Gasteiger partial charge in [-0.15, -0.1) is 0 Å². The number of aliphatic imine (C=N–C) groups is 1. The lowest BCUT2D eigenvalue weighted by atomic mass is 9.84. The van der Waals surface area contributed by atoms with Crippen molar-refractivity contribution in [3.63, 3.8) is 0 Å². The van der Waals surface area contributed by atoms with Crippen molar-refractivity contribution < 1.29 is 19.1 Å². The molecule has 1 fully saturated rings. The van der Waals surface area contributed by atoms with Crippen LogP contribution in [0.25, 0.3) is 0 Å². The number of piperazine rings is 1. The fourth-order valence-corrected chi connectivity index (χ4v) is 5.67. The van der Waals surface area contributed by atoms with Gasteiger partial charge in [0.2, 0.25) is 5.91 Å². The maximum absolute atomic E-state index is 14.4. The van der Waals surface area contributed by atoms with E-state index in [-0.39, 0.29) is 42.6 Å². The average molecular weight is 563 g/mol. The largest absolute Gasteiger partial charge is 0.497 e. The summed E-state index contributed by atoms with van der Waals surface area (Å²) in [6.45, 7) is 6.78. The lowest BCUT2D eigenvalue weighted by Gasteiger charge is -2.38. The Morgan fingerprint density at radius 2 is 2.02 bits per heavy atom. The molecular weight excluding hydrogens is 528 g/mol. The van der Waals surface area contributed by atoms with E-state index >= 15 is 0 Å². The number of aryl methyl sites for hydroxylation is 1. The zero-order valence-corrected chi connectivity index (χ0v) is 24.0. The van der Waals surface area contributed by atoms with Gasteiger partial charge in [-0.25, -0.2) is 4.79 Å². The lowest BCUT2D eigenvalue weighted by Crippen LogP contribution is -2.57. The minimum Gasteiger partial charge on any atom is -0.497 e. The molecule has 9 heteroatoms. The molecule has 5 rings (SSSR count). The first-order valence-corrected chi connectivity index (χ1v) is 14.0. The highest BCUT2D eigenvalue weighted by atomic mass is 35.5. The van der Waals surface area contributed by atoms with E-state index in [1.807, 2.05) is 50.3 Å². The van der Waals surface area contributed by atoms with E-state index in [0.717, 1.165) is 11.1 Å². The van der Waals surface area contributed by atoms with Crippen molar-refractivity contribution in [3.8, 4) is 11.5 Å². The van der Waals surface area contributed by atoms with E-state index < -0.39 is 0 Å². The van der Waals surface area contributed by atoms with Gasteiger partial charge in [-0.2, -0.15) is 0 Å². The van der Waals surface area contributed by atoms with E-state index in [2.05, 4.69) is 36.5 Å². The van der Waals surface area contributed by atoms with Crippen molar-refractivity contribution in [2.75, 3.05) is 26.7 Å². The number of nitrogens with zero attached hydrogens (tertiary/aromatic N) is 3. The van der Waals surface area contributed by atoms with Crippen molar-refractivity contribution in [1.82, 2.24) is 15.1 Å². The van der Waals surface area contributed by atoms with Crippen molar-refractivity contribution in [3.05, 3.63) is 82.4 Å². The number of ether oxygens (including phenoxy) is 2. The zero-order chi connectivity index (χ0) is 28.4. The van der Waals surface area contributed by atoms with Gasteiger partial charge < -0.3 is 19.7 Å². The minimum absolute atomic E-state index is 0.00531. The van der Waals surface area contributed by atoms with Gasteiger partial charge in [-0.05, 0) is 51.0 Å². The monoisotopic (exact) mass is 562 g/mol. The fraction of sp³-hybridized carbons (Fsp3) is 0.387. The SMILES string of the molecule is COc1ccc(C2=NC(c3cccc(C)c3)C(C3C=CC(Cl)=CC3)N2C(=O)N2CCNC(=O)C2)c(OC(C)C)c1. The summed E-state index contributed by atoms with van der Waals surface area (Å²) in [4.78, 5) is 35.4. The number of hydrogen-bond donors (Lipinski definition) is 1. The second kappa shape index (κ2) is 11.8. The van der Waals surface area contributed by atoms with Crippen molar-refractivity contribution in [1.29, 1.82) is 0 Å². The molecule has 2 aromatic rings. The molecule has 0 bridgehead atoms. The first-order chi connectivity index (χ1) is 19.2. The van der Waals surface area contributed by atoms with Gasteiger partial charge >= 0.3 is 6.03 Å². The maximum Gasteiger partial charge on any atom is 0.326 e. The van der Waals surface area contributed by atoms with Crippen LogP contribution in [0.2, 0.25) is 0 Å². The molecule has 8 nitrogen and oxygen atoms in total. The van der Waals surface area contributed by atoms with Crippen LogP contribution in [0.5, 0.6) is 11.5 Å². The molecule has 0 aromatic heterocycles. The van der Waals surface area contributed by atoms with Crippen LogP contribution >= 0.6 is 11.6 Å². The number of hydrogen-bond acceptors (Lipinski definition) is 5. The molecule has 3 aliphatic rings. The van der Waals surface area contributed by atoms with Gasteiger partial charge in [0, 0.05) is 30.1 Å². The fourth-order valence-electron chi connectivity index (χ4n) is 5.51. The van der Waals surface area contributed by atoms with E-state index in [4.69, 9.17) is 26.1 Å². The number of halogens is 1. The first-order valence-electron chi connectivity index (χ1n) is 13.6. The minimum atomic E-state index is -0.347. The Hall–Kier alpha value is -3.78. The Morgan fingerprint density at radius 3 is 2.70 bits per heavy atom. The molecule has 2 aromatic carbocycles. The molecule has 3 atom stereocenters. The molecular formula is C31H35ClN4O4. The molecule has 1 saturated heterocycles. The number of nitrogens with one attached hydrogen (secondary N) is 1. The molecule has 0 radical (unpaired) electrons. The lowest BCUT2D eigenvalue weighted by molar-refractivity contribution is -0.123. The van der Waals surface area contributed by atoms with Crippen molar-refractivity contribution in [2.45, 2.75) is 45.4 Å². The number of rotatable bonds is 6. The molecule has 40 heavy (non-hydrogen) atoms. The summed E-state index contributed by atoms with van der Waals surface area (Å²) in [6.07, 6.45) is 6.48. The predicted molar refractivity (Wildman–Crippen MR) is 156 cm³/mol. The van der Waals surface area contributed by atoms with Gasteiger partial charge in [-0.3, -0.25) is 14.7 Å². The maximum atomic E-state index is 14.4. The van der Waals surface area contributed by atoms with Gasteiger partial charge in [-0.1, -0.05) is 53.6 Å². The highest BCUT2D eigenvalue weighted by Crippen LogP contribution is 2.43. The summed E-state index contributed by atoms with van der Waals surface area (Å²) in [5, 5.41) is 3.49. The summed E-state index contributed by atoms with van der Waals surface area (Å²) >= 11 is 6.31. The first kappa shape index (κ1) is 27.8. The van der Waals surface area contributed by atoms with Gasteiger partial charge in [0.1, 0.15) is 23.9 Å². The molecule has 0 saturated carbocycles. The van der Waals surface area contributed by atoms with Crippen LogP contribution in [-0.4, -0.2) is 66.5 Å². The molecule has 2 heterocycles. The molecule has 2 aliphatic heterocycles. The summed E-state index contributed by atoms with van der Waals surface area (Å²) in [7, 11) is 1.61. The Kier molecular flexibility index (Phi) is 8.17. The quantitative estimate of drug-likeness (QED) is 0.524. The predicted octanol–water partition coefficient (Wildman–Crippen LogP) is 5.21. The van der Waals surface area contributed by atoms with Crippen LogP contribution in [-0.2, 0) is 4.79 Å². The van der Waals surface area contributed by atoms with Crippen LogP contribution in [0.15, 0.2) is 70.7 Å². The number of methoxy groups -OCH3 is 1. The third kappa shape index (κ3) is 5.72. The van der Waals surface area contributed by atoms with E-state index in [9.17, 15) is 9.59 Å². The number of amidine groups is 1. The second-order valence-corrected chi connectivity index (χ2v) is 11.0. The summed E-state index contributed by atoms with van der Waals surface area (Å²) in [5.74, 6) is 1.51. The number of urea groups is 1. The number of benzene rings is 2. The van der Waals surface area contributed by atoms with Crippen LogP contribution in [0.1, 0.15) is 43.0 Å². The van der Waals surface area contributed by atoms with Crippen molar-refractivity contribution in [2.24, 2.45) is 10.9 Å². The van der Waals surface area contributed by atoms with Crippen LogP contribution in [0.3, 0.4) is 0 Å². The number of carbonyl (C=O) groups excluding carboxylic acids is 2. The second-order valence-electron chi connectivity index (χ2n) is 10.6. The van der Waals surface area contributed by atoms with E-state index in [1.165, 1.54) is 0 Å². The van der Waals surface area contributed by atoms with Crippen molar-refractivity contribution >= 4 is 29.4 Å². The summed E-state index contributed by atoms with van der Waals surface area (Å²) < 4.78 is 11.7. The third-order valence-corrected chi connectivity index (χ3v) is 7.61. The standard InChI is InChI=1S/C31H35ClN4O4/c1-19(2)40-26-17-24(39-4)12-13-25(26)30-34-28(22-7-5-6-20(3)16-22)29(21-8-10-23(32)11-9-21)36(30)31(38)35-15-14-33-27(37)18-35/h5-8,10-13,16-17,19,21,28-29H,9,14-15,18H2,1-4H3,(H,33,37). The van der Waals surface area contributed by atoms with Gasteiger partial charge in [0.05, 0.1) is 30.9 Å². The van der Waals surface area contributed by atoms with Crippen LogP contribution in [0.4, 0.5) is 4.79 Å². The van der Waals surface area contributed by atoms with Crippen LogP contribution in [0, 0.1) is 12.8 Å². The summed E-state index contributed by atoms with van der Waals surface area (Å²) in [6, 6.07) is 12.9. The Morgan fingerprint density at radius 1 is 1.20 bits per heavy atom. The van der Waals surface area contributed by atoms with Gasteiger partial charge in [0.15, 0.2) is 0 Å². The van der Waals surface area contributed by atoms with E-state index in [1.54, 1.807) is 16.9 Å². The van der Waals surface area contributed by atoms with Crippen LogP contribution < -0.4 is 14.8 Å². The summed E-state index contributed by atoms with van der Waals surface area (Å²) in [5.41, 5.74) is 2.82. The zero-order valence-electron chi connectivity index (χ0n) is 23.3. The highest BCUT2D eigenvalue weighted by molar-refractivity contribution is 6.31. The molecule has 3 unspecified atom stereocenters. The Labute approximate surface area is 240 Å². The molecule has 0 spiro atoms. The Balaban J connectivity index is 1.68. The normalized spacial score (nSPS) is 22.6. The average Bonchev–Trinajstić information content (AvgIpc) is 3.33. The van der Waals surface area contributed by atoms with Gasteiger partial charge in [0.25, 0.3) is 0 Å². The number of carbonyl (C=O) groups is 2. The highest BCUT2D eigenvalue weighted by Gasteiger charge is 2.47. The Bertz CT molecular complexity index is 1390. The topological polar surface area (TPSA) is 83.5 Å².